The normalized spacial score (nSPS) is 11.9. The lowest BCUT2D eigenvalue weighted by Crippen LogP contribution is -2.54. The van der Waals surface area contributed by atoms with Crippen LogP contribution in [0, 0.1) is 15.9 Å². The Morgan fingerprint density at radius 3 is 2.13 bits per heavy atom. The molecular formula is C33H33FN4O6S. The highest BCUT2D eigenvalue weighted by Gasteiger charge is 2.35. The maximum atomic E-state index is 15.0. The Labute approximate surface area is 261 Å². The monoisotopic (exact) mass is 632 g/mol. The van der Waals surface area contributed by atoms with Crippen LogP contribution in [0.2, 0.25) is 0 Å². The molecule has 0 aromatic heterocycles. The number of amides is 2. The number of carbonyl (C=O) groups is 2. The van der Waals surface area contributed by atoms with Gasteiger partial charge in [0.25, 0.3) is 15.7 Å². The van der Waals surface area contributed by atoms with Crippen LogP contribution in [0.15, 0.2) is 114 Å². The molecule has 0 aliphatic rings. The number of nitrogens with one attached hydrogen (secondary N) is 1. The molecule has 10 nitrogen and oxygen atoms in total. The Morgan fingerprint density at radius 1 is 0.889 bits per heavy atom. The van der Waals surface area contributed by atoms with Crippen LogP contribution < -0.4 is 9.62 Å². The van der Waals surface area contributed by atoms with Crippen molar-refractivity contribution in [1.29, 1.82) is 0 Å². The van der Waals surface area contributed by atoms with Crippen molar-refractivity contribution in [1.82, 2.24) is 10.2 Å². The summed E-state index contributed by atoms with van der Waals surface area (Å²) in [5.74, 6) is -1.93. The Hall–Kier alpha value is -5.10. The van der Waals surface area contributed by atoms with Gasteiger partial charge in [0.2, 0.25) is 11.8 Å². The number of nitro benzene ring substituents is 1. The number of nitro groups is 1. The minimum Gasteiger partial charge on any atom is -0.352 e. The van der Waals surface area contributed by atoms with Crippen LogP contribution in [0.25, 0.3) is 0 Å². The van der Waals surface area contributed by atoms with E-state index in [0.29, 0.717) is 0 Å². The first-order valence-electron chi connectivity index (χ1n) is 14.2. The van der Waals surface area contributed by atoms with Crippen molar-refractivity contribution in [3.8, 4) is 0 Å². The molecule has 2 amide bonds. The van der Waals surface area contributed by atoms with Gasteiger partial charge in [-0.1, -0.05) is 72.8 Å². The average Bonchev–Trinajstić information content (AvgIpc) is 3.02. The Kier molecular flexibility index (Phi) is 10.6. The topological polar surface area (TPSA) is 130 Å². The first kappa shape index (κ1) is 32.8. The molecule has 0 aliphatic heterocycles. The first-order chi connectivity index (χ1) is 21.5. The summed E-state index contributed by atoms with van der Waals surface area (Å²) in [6.45, 7) is 2.35. The fraction of sp³-hybridized carbons (Fsp3) is 0.212. The number of sulfonamides is 1. The highest BCUT2D eigenvalue weighted by Crippen LogP contribution is 2.28. The zero-order chi connectivity index (χ0) is 32.6. The minimum atomic E-state index is -4.44. The predicted molar refractivity (Wildman–Crippen MR) is 168 cm³/mol. The molecule has 1 unspecified atom stereocenters. The SMILES string of the molecule is CC(C)NC(=O)C(Cc1ccccc1)N(Cc1ccccc1F)C(=O)CN(c1cccc([N+](=O)[O-])c1)S(=O)(=O)c1ccccc1. The average molecular weight is 633 g/mol. The van der Waals surface area contributed by atoms with E-state index in [9.17, 15) is 32.5 Å². The van der Waals surface area contributed by atoms with Gasteiger partial charge in [0.05, 0.1) is 15.5 Å². The lowest BCUT2D eigenvalue weighted by molar-refractivity contribution is -0.384. The molecule has 4 aromatic carbocycles. The van der Waals surface area contributed by atoms with Crippen LogP contribution >= 0.6 is 0 Å². The van der Waals surface area contributed by atoms with Gasteiger partial charge in [-0.15, -0.1) is 0 Å². The Bertz CT molecular complexity index is 1750. The molecule has 0 spiro atoms. The van der Waals surface area contributed by atoms with Gasteiger partial charge < -0.3 is 10.2 Å². The number of nitrogens with zero attached hydrogens (tertiary/aromatic N) is 3. The molecule has 4 aromatic rings. The molecule has 0 saturated carbocycles. The highest BCUT2D eigenvalue weighted by molar-refractivity contribution is 7.92. The third-order valence-electron chi connectivity index (χ3n) is 6.94. The van der Waals surface area contributed by atoms with Crippen LogP contribution in [0.3, 0.4) is 0 Å². The summed E-state index contributed by atoms with van der Waals surface area (Å²) in [5, 5.41) is 14.4. The molecule has 45 heavy (non-hydrogen) atoms. The first-order valence-corrected chi connectivity index (χ1v) is 15.6. The number of hydrogen-bond acceptors (Lipinski definition) is 6. The molecular weight excluding hydrogens is 599 g/mol. The van der Waals surface area contributed by atoms with Crippen molar-refractivity contribution < 1.29 is 27.3 Å². The van der Waals surface area contributed by atoms with E-state index in [0.717, 1.165) is 20.8 Å². The van der Waals surface area contributed by atoms with Crippen LogP contribution in [0.5, 0.6) is 0 Å². The quantitative estimate of drug-likeness (QED) is 0.161. The second kappa shape index (κ2) is 14.6. The Morgan fingerprint density at radius 2 is 1.51 bits per heavy atom. The summed E-state index contributed by atoms with van der Waals surface area (Å²) in [6, 6.07) is 25.6. The fourth-order valence-electron chi connectivity index (χ4n) is 4.75. The molecule has 0 radical (unpaired) electrons. The molecule has 0 bridgehead atoms. The summed E-state index contributed by atoms with van der Waals surface area (Å²) in [5.41, 5.74) is 0.336. The molecule has 0 saturated heterocycles. The summed E-state index contributed by atoms with van der Waals surface area (Å²) >= 11 is 0. The molecule has 1 N–H and O–H groups in total. The van der Waals surface area contributed by atoms with E-state index in [1.165, 1.54) is 60.7 Å². The van der Waals surface area contributed by atoms with Gasteiger partial charge in [0.1, 0.15) is 18.4 Å². The van der Waals surface area contributed by atoms with Crippen LogP contribution in [-0.2, 0) is 32.6 Å². The number of non-ortho nitro benzene ring substituents is 1. The van der Waals surface area contributed by atoms with Crippen LogP contribution in [0.4, 0.5) is 15.8 Å². The number of anilines is 1. The predicted octanol–water partition coefficient (Wildman–Crippen LogP) is 5.09. The van der Waals surface area contributed by atoms with E-state index in [1.54, 1.807) is 56.3 Å². The van der Waals surface area contributed by atoms with Gasteiger partial charge in [0.15, 0.2) is 0 Å². The molecule has 0 aliphatic carbocycles. The van der Waals surface area contributed by atoms with E-state index in [2.05, 4.69) is 5.32 Å². The third-order valence-corrected chi connectivity index (χ3v) is 8.73. The standard InChI is InChI=1S/C33H33FN4O6S/c1-24(2)35-33(40)31(20-25-12-5-3-6-13-25)36(22-26-14-9-10-19-30(26)34)32(39)23-37(27-15-11-16-28(21-27)38(41)42)45(43,44)29-17-7-4-8-18-29/h3-19,21,24,31H,20,22-23H2,1-2H3,(H,35,40). The number of hydrogen-bond donors (Lipinski definition) is 1. The molecule has 1 atom stereocenters. The van der Waals surface area contributed by atoms with Crippen molar-refractivity contribution >= 4 is 33.2 Å². The lowest BCUT2D eigenvalue weighted by atomic mass is 10.0. The molecule has 0 fully saturated rings. The third kappa shape index (κ3) is 8.30. The highest BCUT2D eigenvalue weighted by atomic mass is 32.2. The Balaban J connectivity index is 1.84. The van der Waals surface area contributed by atoms with Gasteiger partial charge in [-0.25, -0.2) is 12.8 Å². The van der Waals surface area contributed by atoms with Crippen molar-refractivity contribution in [2.75, 3.05) is 10.8 Å². The number of benzene rings is 4. The van der Waals surface area contributed by atoms with E-state index in [-0.39, 0.29) is 40.8 Å². The second-order valence-corrected chi connectivity index (χ2v) is 12.4. The van der Waals surface area contributed by atoms with Gasteiger partial charge in [0, 0.05) is 36.7 Å². The summed E-state index contributed by atoms with van der Waals surface area (Å²) in [7, 11) is -4.44. The smallest absolute Gasteiger partial charge is 0.271 e. The van der Waals surface area contributed by atoms with Gasteiger partial charge in [-0.2, -0.15) is 0 Å². The van der Waals surface area contributed by atoms with E-state index in [4.69, 9.17) is 0 Å². The van der Waals surface area contributed by atoms with Crippen molar-refractivity contribution in [3.05, 3.63) is 136 Å². The number of carbonyl (C=O) groups excluding carboxylic acids is 2. The maximum absolute atomic E-state index is 15.0. The molecule has 4 rings (SSSR count). The summed E-state index contributed by atoms with van der Waals surface area (Å²) in [4.78, 5) is 39.9. The zero-order valence-electron chi connectivity index (χ0n) is 24.7. The maximum Gasteiger partial charge on any atom is 0.271 e. The van der Waals surface area contributed by atoms with E-state index >= 15 is 0 Å². The minimum absolute atomic E-state index is 0.0574. The molecule has 12 heteroatoms. The van der Waals surface area contributed by atoms with Crippen molar-refractivity contribution in [2.45, 2.75) is 43.8 Å². The number of halogens is 1. The van der Waals surface area contributed by atoms with Gasteiger partial charge >= 0.3 is 0 Å². The van der Waals surface area contributed by atoms with Crippen LogP contribution in [-0.4, -0.2) is 48.7 Å². The fourth-order valence-corrected chi connectivity index (χ4v) is 6.18. The zero-order valence-corrected chi connectivity index (χ0v) is 25.6. The second-order valence-electron chi connectivity index (χ2n) is 10.6. The largest absolute Gasteiger partial charge is 0.352 e. The van der Waals surface area contributed by atoms with E-state index < -0.39 is 45.2 Å². The summed E-state index contributed by atoms with van der Waals surface area (Å²) in [6.07, 6.45) is 0.0574. The van der Waals surface area contributed by atoms with Crippen molar-refractivity contribution in [3.63, 3.8) is 0 Å². The summed E-state index contributed by atoms with van der Waals surface area (Å²) < 4.78 is 43.7. The lowest BCUT2D eigenvalue weighted by Gasteiger charge is -2.34. The molecule has 0 heterocycles. The molecule has 234 valence electrons. The van der Waals surface area contributed by atoms with E-state index in [1.807, 2.05) is 0 Å². The number of rotatable bonds is 13. The van der Waals surface area contributed by atoms with Crippen molar-refractivity contribution in [2.24, 2.45) is 0 Å². The van der Waals surface area contributed by atoms with Gasteiger partial charge in [-0.05, 0) is 43.7 Å². The van der Waals surface area contributed by atoms with Gasteiger partial charge in [-0.3, -0.25) is 24.0 Å². The van der Waals surface area contributed by atoms with Crippen LogP contribution in [0.1, 0.15) is 25.0 Å².